The number of fused-ring (bicyclic) bond motifs is 4. The van der Waals surface area contributed by atoms with E-state index >= 15 is 0 Å². The van der Waals surface area contributed by atoms with Crippen molar-refractivity contribution in [1.29, 1.82) is 0 Å². The van der Waals surface area contributed by atoms with Crippen molar-refractivity contribution >= 4 is 44.8 Å². The molecule has 0 saturated heterocycles. The summed E-state index contributed by atoms with van der Waals surface area (Å²) in [6.07, 6.45) is 2.52. The number of para-hydroxylation sites is 2. The molecule has 3 heterocycles. The summed E-state index contributed by atoms with van der Waals surface area (Å²) in [6, 6.07) is 13.5. The van der Waals surface area contributed by atoms with Crippen molar-refractivity contribution < 1.29 is 0 Å². The first kappa shape index (κ1) is 19.7. The van der Waals surface area contributed by atoms with Crippen LogP contribution in [0.4, 0.5) is 0 Å². The lowest BCUT2D eigenvalue weighted by molar-refractivity contribution is 0.506. The van der Waals surface area contributed by atoms with Crippen molar-refractivity contribution in [2.24, 2.45) is 5.92 Å². The lowest BCUT2D eigenvalue weighted by atomic mass is 10.1. The van der Waals surface area contributed by atoms with Gasteiger partial charge in [0, 0.05) is 11.6 Å². The van der Waals surface area contributed by atoms with Gasteiger partial charge in [0.2, 0.25) is 0 Å². The monoisotopic (exact) mass is 431 g/mol. The largest absolute Gasteiger partial charge is 0.299 e. The Morgan fingerprint density at radius 1 is 1.03 bits per heavy atom. The van der Waals surface area contributed by atoms with E-state index in [1.807, 2.05) is 54.0 Å². The number of aryl methyl sites for hydroxylation is 2. The number of benzene rings is 2. The quantitative estimate of drug-likeness (QED) is 0.387. The third kappa shape index (κ3) is 3.27. The normalized spacial score (nSPS) is 11.9. The van der Waals surface area contributed by atoms with Gasteiger partial charge in [0.15, 0.2) is 11.3 Å². The highest BCUT2D eigenvalue weighted by atomic mass is 35.5. The van der Waals surface area contributed by atoms with Crippen LogP contribution in [0.1, 0.15) is 25.8 Å². The molecule has 7 heteroatoms. The fraction of sp³-hybridized carbons (Fsp3) is 0.250. The number of nitrogens with zero attached hydrogens (tertiary/aromatic N) is 5. The zero-order valence-corrected chi connectivity index (χ0v) is 18.4. The summed E-state index contributed by atoms with van der Waals surface area (Å²) in [5.41, 5.74) is 4.87. The minimum Gasteiger partial charge on any atom is -0.299 e. The van der Waals surface area contributed by atoms with E-state index in [0.29, 0.717) is 39.7 Å². The highest BCUT2D eigenvalue weighted by Gasteiger charge is 2.21. The molecule has 0 radical (unpaired) electrons. The zero-order chi connectivity index (χ0) is 21.7. The van der Waals surface area contributed by atoms with E-state index in [9.17, 15) is 4.79 Å². The SMILES string of the molecule is Cc1ccc(-n2c3nc4ccccc4nc3c3c(=O)n(CCC(C)C)cnc32)cc1Cl. The molecule has 0 bridgehead atoms. The Labute approximate surface area is 184 Å². The summed E-state index contributed by atoms with van der Waals surface area (Å²) in [4.78, 5) is 27.8. The van der Waals surface area contributed by atoms with Gasteiger partial charge in [-0.15, -0.1) is 0 Å². The summed E-state index contributed by atoms with van der Waals surface area (Å²) in [7, 11) is 0. The van der Waals surface area contributed by atoms with Gasteiger partial charge in [0.1, 0.15) is 10.9 Å². The molecule has 6 nitrogen and oxygen atoms in total. The second-order valence-electron chi connectivity index (χ2n) is 8.28. The number of halogens is 1. The summed E-state index contributed by atoms with van der Waals surface area (Å²) in [5, 5.41) is 1.13. The van der Waals surface area contributed by atoms with E-state index in [0.717, 1.165) is 28.7 Å². The van der Waals surface area contributed by atoms with Crippen LogP contribution in [0.15, 0.2) is 53.6 Å². The highest BCUT2D eigenvalue weighted by molar-refractivity contribution is 6.31. The number of hydrogen-bond donors (Lipinski definition) is 0. The molecule has 0 spiro atoms. The summed E-state index contributed by atoms with van der Waals surface area (Å²) in [6.45, 7) is 6.85. The topological polar surface area (TPSA) is 65.6 Å². The predicted octanol–water partition coefficient (Wildman–Crippen LogP) is 5.29. The van der Waals surface area contributed by atoms with Crippen LogP contribution in [-0.2, 0) is 6.54 Å². The van der Waals surface area contributed by atoms with Gasteiger partial charge in [-0.05, 0) is 49.1 Å². The molecule has 0 aliphatic rings. The molecule has 0 atom stereocenters. The molecule has 0 fully saturated rings. The van der Waals surface area contributed by atoms with Gasteiger partial charge in [-0.1, -0.05) is 43.6 Å². The van der Waals surface area contributed by atoms with Crippen molar-refractivity contribution in [2.45, 2.75) is 33.7 Å². The Kier molecular flexibility index (Phi) is 4.74. The van der Waals surface area contributed by atoms with Crippen LogP contribution in [0.5, 0.6) is 0 Å². The Morgan fingerprint density at radius 2 is 1.77 bits per heavy atom. The third-order valence-electron chi connectivity index (χ3n) is 5.59. The Morgan fingerprint density at radius 3 is 2.48 bits per heavy atom. The fourth-order valence-corrected chi connectivity index (χ4v) is 3.97. The summed E-state index contributed by atoms with van der Waals surface area (Å²) < 4.78 is 3.55. The molecule has 5 rings (SSSR count). The second kappa shape index (κ2) is 7.46. The van der Waals surface area contributed by atoms with Crippen LogP contribution in [0.25, 0.3) is 38.9 Å². The molecule has 31 heavy (non-hydrogen) atoms. The first-order chi connectivity index (χ1) is 14.9. The molecule has 0 N–H and O–H groups in total. The third-order valence-corrected chi connectivity index (χ3v) is 6.00. The average Bonchev–Trinajstić information content (AvgIpc) is 3.07. The number of rotatable bonds is 4. The minimum atomic E-state index is -0.0998. The molecule has 156 valence electrons. The summed E-state index contributed by atoms with van der Waals surface area (Å²) >= 11 is 6.42. The van der Waals surface area contributed by atoms with Gasteiger partial charge in [0.05, 0.1) is 23.0 Å². The maximum Gasteiger partial charge on any atom is 0.265 e. The maximum absolute atomic E-state index is 13.5. The fourth-order valence-electron chi connectivity index (χ4n) is 3.79. The van der Waals surface area contributed by atoms with Crippen molar-refractivity contribution in [3.05, 3.63) is 69.7 Å². The van der Waals surface area contributed by atoms with E-state index in [1.165, 1.54) is 0 Å². The van der Waals surface area contributed by atoms with E-state index in [1.54, 1.807) is 10.9 Å². The predicted molar refractivity (Wildman–Crippen MR) is 125 cm³/mol. The second-order valence-corrected chi connectivity index (χ2v) is 8.68. The van der Waals surface area contributed by atoms with E-state index < -0.39 is 0 Å². The molecule has 0 saturated carbocycles. The Balaban J connectivity index is 1.89. The maximum atomic E-state index is 13.5. The van der Waals surface area contributed by atoms with Gasteiger partial charge in [-0.3, -0.25) is 13.9 Å². The van der Waals surface area contributed by atoms with Gasteiger partial charge < -0.3 is 0 Å². The van der Waals surface area contributed by atoms with E-state index in [2.05, 4.69) is 18.8 Å². The van der Waals surface area contributed by atoms with E-state index in [4.69, 9.17) is 21.6 Å². The molecule has 0 amide bonds. The Hall–Kier alpha value is -3.25. The average molecular weight is 432 g/mol. The Bertz CT molecular complexity index is 1520. The molecule has 3 aromatic heterocycles. The first-order valence-electron chi connectivity index (χ1n) is 10.4. The zero-order valence-electron chi connectivity index (χ0n) is 17.6. The van der Waals surface area contributed by atoms with Crippen LogP contribution in [0.3, 0.4) is 0 Å². The molecular weight excluding hydrogens is 410 g/mol. The van der Waals surface area contributed by atoms with Crippen LogP contribution < -0.4 is 5.56 Å². The van der Waals surface area contributed by atoms with Gasteiger partial charge in [-0.25, -0.2) is 15.0 Å². The van der Waals surface area contributed by atoms with E-state index in [-0.39, 0.29) is 5.56 Å². The highest BCUT2D eigenvalue weighted by Crippen LogP contribution is 2.30. The molecule has 2 aromatic carbocycles. The molecule has 0 aliphatic heterocycles. The van der Waals surface area contributed by atoms with Gasteiger partial charge in [0.25, 0.3) is 5.56 Å². The van der Waals surface area contributed by atoms with Gasteiger partial charge >= 0.3 is 0 Å². The minimum absolute atomic E-state index is 0.0998. The first-order valence-corrected chi connectivity index (χ1v) is 10.7. The standard InChI is InChI=1S/C24H22ClN5O/c1-14(2)10-11-29-13-26-22-20(24(29)31)21-23(28-19-7-5-4-6-18(19)27-21)30(22)16-9-8-15(3)17(25)12-16/h4-9,12-14H,10-11H2,1-3H3. The van der Waals surface area contributed by atoms with Crippen LogP contribution >= 0.6 is 11.6 Å². The van der Waals surface area contributed by atoms with Gasteiger partial charge in [-0.2, -0.15) is 0 Å². The van der Waals surface area contributed by atoms with Crippen LogP contribution in [0.2, 0.25) is 5.02 Å². The molecular formula is C24H22ClN5O. The molecule has 0 aliphatic carbocycles. The lowest BCUT2D eigenvalue weighted by Crippen LogP contribution is -2.21. The molecule has 0 unspecified atom stereocenters. The number of hydrogen-bond acceptors (Lipinski definition) is 4. The summed E-state index contributed by atoms with van der Waals surface area (Å²) in [5.74, 6) is 0.488. The smallest absolute Gasteiger partial charge is 0.265 e. The van der Waals surface area contributed by atoms with Crippen LogP contribution in [-0.4, -0.2) is 24.1 Å². The molecule has 5 aromatic rings. The number of aromatic nitrogens is 5. The van der Waals surface area contributed by atoms with Crippen molar-refractivity contribution in [3.63, 3.8) is 0 Å². The van der Waals surface area contributed by atoms with Crippen LogP contribution in [0, 0.1) is 12.8 Å². The lowest BCUT2D eigenvalue weighted by Gasteiger charge is -2.09. The van der Waals surface area contributed by atoms with Crippen molar-refractivity contribution in [3.8, 4) is 5.69 Å². The van der Waals surface area contributed by atoms with Crippen molar-refractivity contribution in [2.75, 3.05) is 0 Å². The van der Waals surface area contributed by atoms with Crippen molar-refractivity contribution in [1.82, 2.24) is 24.1 Å².